The average molecular weight is 819 g/mol. The summed E-state index contributed by atoms with van der Waals surface area (Å²) >= 11 is 0. The van der Waals surface area contributed by atoms with Crippen molar-refractivity contribution in [3.8, 4) is 22.8 Å². The Labute approximate surface area is 356 Å². The van der Waals surface area contributed by atoms with E-state index < -0.39 is 0 Å². The van der Waals surface area contributed by atoms with Crippen LogP contribution < -0.4 is 24.2 Å². The molecule has 6 aromatic rings. The number of nitrogens with zero attached hydrogens (tertiary/aromatic N) is 10. The van der Waals surface area contributed by atoms with Gasteiger partial charge in [-0.15, -0.1) is 0 Å². The molecule has 0 saturated carbocycles. The Kier molecular flexibility index (Phi) is 12.0. The lowest BCUT2D eigenvalue weighted by atomic mass is 10.1. The fourth-order valence-electron chi connectivity index (χ4n) is 8.17. The zero-order valence-electron chi connectivity index (χ0n) is 34.7. The molecule has 0 spiro atoms. The number of fused-ring (bicyclic) bond motifs is 1. The number of pyridine rings is 1. The van der Waals surface area contributed by atoms with Crippen molar-refractivity contribution < 1.29 is 19.0 Å². The van der Waals surface area contributed by atoms with E-state index >= 15 is 0 Å². The van der Waals surface area contributed by atoms with Crippen molar-refractivity contribution >= 4 is 29.3 Å². The molecule has 3 aliphatic heterocycles. The number of methoxy groups -OCH3 is 2. The molecular formula is C47H50N10O4. The van der Waals surface area contributed by atoms with Gasteiger partial charge in [-0.1, -0.05) is 30.3 Å². The highest BCUT2D eigenvalue weighted by atomic mass is 16.5. The van der Waals surface area contributed by atoms with Crippen LogP contribution in [0.4, 0.5) is 23.4 Å². The van der Waals surface area contributed by atoms with Crippen LogP contribution in [0.3, 0.4) is 0 Å². The minimum atomic E-state index is 0.0589. The van der Waals surface area contributed by atoms with Crippen LogP contribution in [0.2, 0.25) is 0 Å². The van der Waals surface area contributed by atoms with Crippen molar-refractivity contribution in [2.45, 2.75) is 26.1 Å². The molecule has 14 nitrogen and oxygen atoms in total. The van der Waals surface area contributed by atoms with Crippen molar-refractivity contribution in [3.05, 3.63) is 138 Å². The number of benzene rings is 3. The maximum atomic E-state index is 13.6. The molecule has 0 radical (unpaired) electrons. The van der Waals surface area contributed by atoms with E-state index in [0.717, 1.165) is 83.6 Å². The number of morpholine rings is 1. The van der Waals surface area contributed by atoms with Gasteiger partial charge in [0.05, 0.1) is 33.1 Å². The van der Waals surface area contributed by atoms with Gasteiger partial charge in [-0.3, -0.25) is 14.7 Å². The molecule has 3 aliphatic rings. The number of piperazine rings is 1. The molecule has 6 heterocycles. The largest absolute Gasteiger partial charge is 0.497 e. The zero-order valence-corrected chi connectivity index (χ0v) is 34.7. The van der Waals surface area contributed by atoms with Gasteiger partial charge in [-0.25, -0.2) is 15.0 Å². The number of carbonyl (C=O) groups excluding carboxylic acids is 1. The molecule has 3 aromatic heterocycles. The predicted octanol–water partition coefficient (Wildman–Crippen LogP) is 6.04. The highest BCUT2D eigenvalue weighted by Crippen LogP contribution is 2.39. The van der Waals surface area contributed by atoms with Crippen molar-refractivity contribution in [1.29, 1.82) is 0 Å². The van der Waals surface area contributed by atoms with Crippen LogP contribution >= 0.6 is 0 Å². The molecule has 0 aliphatic carbocycles. The lowest BCUT2D eigenvalue weighted by Crippen LogP contribution is -2.48. The summed E-state index contributed by atoms with van der Waals surface area (Å²) in [5.41, 5.74) is 7.77. The molecule has 3 aromatic carbocycles. The van der Waals surface area contributed by atoms with Crippen LogP contribution in [0.15, 0.2) is 110 Å². The highest BCUT2D eigenvalue weighted by Gasteiger charge is 2.30. The van der Waals surface area contributed by atoms with Crippen LogP contribution in [0, 0.1) is 0 Å². The molecule has 9 rings (SSSR count). The summed E-state index contributed by atoms with van der Waals surface area (Å²) < 4.78 is 16.5. The summed E-state index contributed by atoms with van der Waals surface area (Å²) in [6, 6.07) is 28.2. The first-order valence-electron chi connectivity index (χ1n) is 20.9. The molecule has 14 heteroatoms. The minimum Gasteiger partial charge on any atom is -0.497 e. The Bertz CT molecular complexity index is 2340. The third-order valence-electron chi connectivity index (χ3n) is 11.6. The Morgan fingerprint density at radius 3 is 1.98 bits per heavy atom. The van der Waals surface area contributed by atoms with Gasteiger partial charge in [0, 0.05) is 113 Å². The Morgan fingerprint density at radius 2 is 1.38 bits per heavy atom. The van der Waals surface area contributed by atoms with Crippen LogP contribution in [0.5, 0.6) is 11.5 Å². The smallest absolute Gasteiger partial charge is 0.253 e. The highest BCUT2D eigenvalue weighted by molar-refractivity contribution is 5.95. The number of amides is 1. The van der Waals surface area contributed by atoms with E-state index in [-0.39, 0.29) is 5.91 Å². The first-order valence-corrected chi connectivity index (χ1v) is 20.9. The monoisotopic (exact) mass is 818 g/mol. The Hall–Kier alpha value is -6.64. The summed E-state index contributed by atoms with van der Waals surface area (Å²) in [4.78, 5) is 49.1. The van der Waals surface area contributed by atoms with Crippen LogP contribution in [-0.2, 0) is 30.8 Å². The van der Waals surface area contributed by atoms with Crippen molar-refractivity contribution in [2.24, 2.45) is 0 Å². The predicted molar refractivity (Wildman–Crippen MR) is 235 cm³/mol. The number of ether oxygens (including phenoxy) is 3. The van der Waals surface area contributed by atoms with Gasteiger partial charge in [-0.2, -0.15) is 4.98 Å². The van der Waals surface area contributed by atoms with E-state index in [9.17, 15) is 4.79 Å². The quantitative estimate of drug-likeness (QED) is 0.135. The molecule has 312 valence electrons. The number of aromatic nitrogens is 5. The zero-order chi connectivity index (χ0) is 41.5. The molecule has 1 amide bonds. The van der Waals surface area contributed by atoms with E-state index in [1.165, 1.54) is 5.56 Å². The lowest BCUT2D eigenvalue weighted by molar-refractivity contribution is 0.0628. The van der Waals surface area contributed by atoms with E-state index in [1.54, 1.807) is 20.4 Å². The number of rotatable bonds is 13. The first-order chi connectivity index (χ1) is 30.0. The van der Waals surface area contributed by atoms with Gasteiger partial charge in [0.15, 0.2) is 0 Å². The van der Waals surface area contributed by atoms with Gasteiger partial charge in [0.2, 0.25) is 11.9 Å². The molecule has 0 atom stereocenters. The van der Waals surface area contributed by atoms with E-state index in [4.69, 9.17) is 34.1 Å². The fourth-order valence-corrected chi connectivity index (χ4v) is 8.17. The van der Waals surface area contributed by atoms with Gasteiger partial charge in [0.1, 0.15) is 17.3 Å². The second kappa shape index (κ2) is 18.3. The summed E-state index contributed by atoms with van der Waals surface area (Å²) in [5, 5.41) is 0. The number of anilines is 4. The maximum Gasteiger partial charge on any atom is 0.253 e. The molecule has 0 bridgehead atoms. The maximum absolute atomic E-state index is 13.6. The average Bonchev–Trinajstić information content (AvgIpc) is 3.76. The molecule has 0 N–H and O–H groups in total. The SMILES string of the molecule is COc1ccc(CN(Cc2ccc(OC)cc2)c2ncc(-c3nc(N4CCOCC4)nc4c3CCN4c3ccc(C(=O)N4CCN(Cc5cccnc5)CC4)cc3)cn2)cc1. The third-order valence-corrected chi connectivity index (χ3v) is 11.6. The number of carbonyl (C=O) groups is 1. The van der Waals surface area contributed by atoms with Gasteiger partial charge >= 0.3 is 0 Å². The number of hydrogen-bond acceptors (Lipinski definition) is 13. The second-order valence-corrected chi connectivity index (χ2v) is 15.5. The molecule has 2 saturated heterocycles. The Balaban J connectivity index is 0.956. The third kappa shape index (κ3) is 9.10. The van der Waals surface area contributed by atoms with E-state index in [0.29, 0.717) is 69.9 Å². The summed E-state index contributed by atoms with van der Waals surface area (Å²) in [5.74, 6) is 3.80. The minimum absolute atomic E-state index is 0.0589. The summed E-state index contributed by atoms with van der Waals surface area (Å²) in [6.45, 7) is 8.45. The molecule has 2 fully saturated rings. The summed E-state index contributed by atoms with van der Waals surface area (Å²) in [6.07, 6.45) is 8.21. The van der Waals surface area contributed by atoms with Gasteiger partial charge in [-0.05, 0) is 77.7 Å². The molecule has 0 unspecified atom stereocenters. The number of hydrogen-bond donors (Lipinski definition) is 0. The van der Waals surface area contributed by atoms with Crippen LogP contribution in [0.25, 0.3) is 11.3 Å². The topological polar surface area (TPSA) is 125 Å². The fraction of sp³-hybridized carbons (Fsp3) is 0.319. The lowest BCUT2D eigenvalue weighted by Gasteiger charge is -2.34. The molecular weight excluding hydrogens is 769 g/mol. The van der Waals surface area contributed by atoms with Crippen molar-refractivity contribution in [2.75, 3.05) is 87.9 Å². The van der Waals surface area contributed by atoms with Crippen LogP contribution in [-0.4, -0.2) is 114 Å². The van der Waals surface area contributed by atoms with Gasteiger partial charge < -0.3 is 33.8 Å². The van der Waals surface area contributed by atoms with Crippen LogP contribution in [0.1, 0.15) is 32.6 Å². The summed E-state index contributed by atoms with van der Waals surface area (Å²) in [7, 11) is 3.34. The Morgan fingerprint density at radius 1 is 0.721 bits per heavy atom. The molecule has 61 heavy (non-hydrogen) atoms. The second-order valence-electron chi connectivity index (χ2n) is 15.5. The first kappa shape index (κ1) is 39.8. The van der Waals surface area contributed by atoms with E-state index in [2.05, 4.69) is 54.9 Å². The normalized spacial score (nSPS) is 15.4. The van der Waals surface area contributed by atoms with Crippen molar-refractivity contribution in [1.82, 2.24) is 34.7 Å². The van der Waals surface area contributed by atoms with E-state index in [1.807, 2.05) is 78.1 Å². The van der Waals surface area contributed by atoms with Crippen molar-refractivity contribution in [3.63, 3.8) is 0 Å². The standard InChI is InChI=1S/C47H50N10O4/c1-59-40-13-5-34(6-14-40)32-56(33-35-7-15-41(60-2)16-8-35)46-49-29-38(30-50-46)43-42-17-19-57(44(42)52-47(51-43)55-24-26-61-27-25-55)39-11-9-37(10-12-39)45(58)54-22-20-53(21-23-54)31-36-4-3-18-48-28-36/h3-16,18,28-30H,17,19-27,31-33H2,1-2H3. The van der Waals surface area contributed by atoms with Gasteiger partial charge in [0.25, 0.3) is 5.91 Å².